The molecule has 3 aromatic carbocycles. The van der Waals surface area contributed by atoms with Crippen molar-refractivity contribution in [3.8, 4) is 0 Å². The first-order valence-electron chi connectivity index (χ1n) is 9.24. The fourth-order valence-electron chi connectivity index (χ4n) is 3.97. The summed E-state index contributed by atoms with van der Waals surface area (Å²) in [7, 11) is 0. The minimum atomic E-state index is -9.39. The molecule has 0 fully saturated rings. The van der Waals surface area contributed by atoms with Crippen LogP contribution in [-0.2, 0) is 0 Å². The van der Waals surface area contributed by atoms with Gasteiger partial charge >= 0.3 is 201 Å². The zero-order valence-corrected chi connectivity index (χ0v) is 18.6. The predicted octanol–water partition coefficient (Wildman–Crippen LogP) is 6.75. The van der Waals surface area contributed by atoms with E-state index in [2.05, 4.69) is 0 Å². The molecule has 0 aromatic heterocycles. The van der Waals surface area contributed by atoms with Gasteiger partial charge in [0.15, 0.2) is 0 Å². The van der Waals surface area contributed by atoms with Crippen LogP contribution in [0.1, 0.15) is 0 Å². The van der Waals surface area contributed by atoms with E-state index < -0.39 is 122 Å². The molecule has 39 heavy (non-hydrogen) atoms. The van der Waals surface area contributed by atoms with Crippen LogP contribution in [0.3, 0.4) is 0 Å². The van der Waals surface area contributed by atoms with Gasteiger partial charge in [-0.2, -0.15) is 0 Å². The molecule has 0 heterocycles. The molecule has 3 aromatic rings. The Kier molecular flexibility index (Phi) is 6.95. The number of benzene rings is 3. The minimum absolute atomic E-state index is 1.17. The Labute approximate surface area is 202 Å². The summed E-state index contributed by atoms with van der Waals surface area (Å²) in [6, 6.07) is 0. The van der Waals surface area contributed by atoms with Crippen LogP contribution in [0, 0.1) is 87.3 Å². The van der Waals surface area contributed by atoms with E-state index in [4.69, 9.17) is 0 Å². The zero-order chi connectivity index (χ0) is 30.3. The number of rotatable bonds is 3. The molecule has 0 atom stereocenters. The summed E-state index contributed by atoms with van der Waals surface area (Å²) in [5, 5.41) is -11.1. The van der Waals surface area contributed by atoms with Gasteiger partial charge in [0.05, 0.1) is 0 Å². The van der Waals surface area contributed by atoms with E-state index in [0.717, 1.165) is 0 Å². The van der Waals surface area contributed by atoms with Gasteiger partial charge in [-0.05, 0) is 0 Å². The molecule has 0 bridgehead atoms. The summed E-state index contributed by atoms with van der Waals surface area (Å²) < 4.78 is 260. The van der Waals surface area contributed by atoms with E-state index >= 15 is 13.2 Å². The Balaban J connectivity index is 3.07. The van der Waals surface area contributed by atoms with E-state index in [1.165, 1.54) is 0 Å². The second kappa shape index (κ2) is 8.93. The maximum absolute atomic E-state index is 15.0. The first kappa shape index (κ1) is 30.4. The van der Waals surface area contributed by atoms with Gasteiger partial charge in [-0.3, -0.25) is 0 Å². The van der Waals surface area contributed by atoms with Gasteiger partial charge < -0.3 is 0 Å². The Morgan fingerprint density at radius 1 is 0.308 bits per heavy atom. The molecule has 0 N–H and O–H groups in total. The summed E-state index contributed by atoms with van der Waals surface area (Å²) in [6.45, 7) is -10.6. The first-order chi connectivity index (χ1) is 17.6. The second-order valence-electron chi connectivity index (χ2n) is 7.79. The number of halogens is 18. The Hall–Kier alpha value is -3.17. The molecule has 3 rings (SSSR count). The number of alkyl halides is 3. The van der Waals surface area contributed by atoms with E-state index in [-0.39, 0.29) is 0 Å². The monoisotopic (exact) mass is 616 g/mol. The van der Waals surface area contributed by atoms with Crippen LogP contribution < -0.4 is 15.9 Å². The third-order valence-corrected chi connectivity index (χ3v) is 11.7. The number of hydrogen-bond acceptors (Lipinski definition) is 0. The van der Waals surface area contributed by atoms with Crippen LogP contribution >= 0.6 is 6.60 Å². The van der Waals surface area contributed by atoms with Crippen LogP contribution in [0.2, 0.25) is 0 Å². The fraction of sp³-hybridized carbons (Fsp3) is 0.100. The van der Waals surface area contributed by atoms with Crippen molar-refractivity contribution in [2.75, 3.05) is 6.66 Å². The molecule has 19 heteroatoms. The molecule has 0 aliphatic heterocycles. The molecule has 0 nitrogen and oxygen atoms in total. The molecule has 214 valence electrons. The van der Waals surface area contributed by atoms with E-state index in [1.807, 2.05) is 0 Å². The standard InChI is InChI=1S/C20H3F18P/c1-39(20(36,37)38,17-11(30)5(24)2(21)6(25)12(17)31,18-13(32)7(26)3(22)8(27)14(18)33)19-15(34)9(28)4(23)10(29)16(19)35/h1H3. The van der Waals surface area contributed by atoms with Crippen molar-refractivity contribution in [1.82, 2.24) is 0 Å². The summed E-state index contributed by atoms with van der Waals surface area (Å²) >= 11 is 0. The van der Waals surface area contributed by atoms with Gasteiger partial charge in [-0.25, -0.2) is 0 Å². The third kappa shape index (κ3) is 3.42. The molecule has 0 saturated carbocycles. The molecule has 0 unspecified atom stereocenters. The van der Waals surface area contributed by atoms with Gasteiger partial charge in [0.2, 0.25) is 0 Å². The summed E-state index contributed by atoms with van der Waals surface area (Å²) in [4.78, 5) is 0. The Morgan fingerprint density at radius 2 is 0.436 bits per heavy atom. The van der Waals surface area contributed by atoms with Gasteiger partial charge in [0, 0.05) is 0 Å². The van der Waals surface area contributed by atoms with Crippen LogP contribution in [-0.4, -0.2) is 12.6 Å². The number of hydrogen-bond donors (Lipinski definition) is 0. The Bertz CT molecular complexity index is 1320. The zero-order valence-electron chi connectivity index (χ0n) is 17.8. The van der Waals surface area contributed by atoms with Crippen LogP contribution in [0.5, 0.6) is 0 Å². The molecule has 0 saturated heterocycles. The van der Waals surface area contributed by atoms with Crippen molar-refractivity contribution in [3.63, 3.8) is 0 Å². The van der Waals surface area contributed by atoms with Crippen molar-refractivity contribution >= 4 is 22.5 Å². The van der Waals surface area contributed by atoms with Crippen molar-refractivity contribution in [2.24, 2.45) is 0 Å². The van der Waals surface area contributed by atoms with E-state index in [1.54, 1.807) is 0 Å². The fourth-order valence-corrected chi connectivity index (χ4v) is 8.93. The topological polar surface area (TPSA) is 0 Å². The van der Waals surface area contributed by atoms with Crippen molar-refractivity contribution in [3.05, 3.63) is 87.3 Å². The molecule has 0 aliphatic rings. The molecule has 0 aliphatic carbocycles. The van der Waals surface area contributed by atoms with Crippen molar-refractivity contribution in [1.29, 1.82) is 0 Å². The van der Waals surface area contributed by atoms with Crippen LogP contribution in [0.25, 0.3) is 0 Å². The van der Waals surface area contributed by atoms with Gasteiger partial charge in [-0.1, -0.05) is 0 Å². The van der Waals surface area contributed by atoms with E-state index in [9.17, 15) is 65.9 Å². The molecular formula is C20H3F18P. The average Bonchev–Trinajstić information content (AvgIpc) is 2.85. The van der Waals surface area contributed by atoms with Crippen LogP contribution in [0.4, 0.5) is 79.0 Å². The average molecular weight is 616 g/mol. The maximum atomic E-state index is 15.0. The SMILES string of the molecule is CP(c1c(F)c(F)c(F)c(F)c1F)(c1c(F)c(F)c(F)c(F)c1F)(c1c(F)c(F)c(F)c(F)c1F)C(F)(F)F. The molecule has 0 amide bonds. The third-order valence-electron chi connectivity index (χ3n) is 5.87. The van der Waals surface area contributed by atoms with Crippen LogP contribution in [0.15, 0.2) is 0 Å². The molecule has 0 radical (unpaired) electrons. The van der Waals surface area contributed by atoms with Gasteiger partial charge in [0.1, 0.15) is 0 Å². The first-order valence-corrected chi connectivity index (χ1v) is 11.9. The molecule has 0 spiro atoms. The summed E-state index contributed by atoms with van der Waals surface area (Å²) in [6.07, 6.45) is 0. The van der Waals surface area contributed by atoms with E-state index in [0.29, 0.717) is 0 Å². The summed E-state index contributed by atoms with van der Waals surface area (Å²) in [5.74, 6) is -60.6. The summed E-state index contributed by atoms with van der Waals surface area (Å²) in [5.41, 5.74) is 0. The Morgan fingerprint density at radius 3 is 0.564 bits per heavy atom. The van der Waals surface area contributed by atoms with Crippen molar-refractivity contribution in [2.45, 2.75) is 5.92 Å². The quantitative estimate of drug-likeness (QED) is 0.132. The normalized spacial score (nSPS) is 13.6. The predicted molar refractivity (Wildman–Crippen MR) is 96.5 cm³/mol. The van der Waals surface area contributed by atoms with Gasteiger partial charge in [0.25, 0.3) is 0 Å². The van der Waals surface area contributed by atoms with Gasteiger partial charge in [-0.15, -0.1) is 0 Å². The van der Waals surface area contributed by atoms with Crippen molar-refractivity contribution < 1.29 is 79.0 Å². The second-order valence-corrected chi connectivity index (χ2v) is 12.8. The molecular weight excluding hydrogens is 613 g/mol.